The number of aliphatic carboxylic acids is 1. The minimum Gasteiger partial charge on any atom is -0.481 e. The van der Waals surface area contributed by atoms with Gasteiger partial charge in [-0.05, 0) is 12.8 Å². The molecule has 0 saturated carbocycles. The summed E-state index contributed by atoms with van der Waals surface area (Å²) < 4.78 is 26.1. The minimum absolute atomic E-state index is 0.00303. The van der Waals surface area contributed by atoms with Crippen LogP contribution >= 0.6 is 0 Å². The van der Waals surface area contributed by atoms with Crippen LogP contribution in [0.25, 0.3) is 0 Å². The van der Waals surface area contributed by atoms with Crippen molar-refractivity contribution in [2.75, 3.05) is 6.61 Å². The quantitative estimate of drug-likeness (QED) is 0.674. The summed E-state index contributed by atoms with van der Waals surface area (Å²) in [6, 6.07) is 0. The van der Waals surface area contributed by atoms with Gasteiger partial charge in [0.25, 0.3) is 0 Å². The van der Waals surface area contributed by atoms with Gasteiger partial charge in [0.1, 0.15) is 0 Å². The Kier molecular flexibility index (Phi) is 5.60. The highest BCUT2D eigenvalue weighted by Crippen LogP contribution is 2.29. The molecule has 0 aromatic rings. The van der Waals surface area contributed by atoms with Gasteiger partial charge in [-0.1, -0.05) is 6.92 Å². The summed E-state index contributed by atoms with van der Waals surface area (Å²) in [5.41, 5.74) is 0. The molecule has 3 nitrogen and oxygen atoms in total. The maximum atomic E-state index is 13.0. The Hall–Kier alpha value is -0.710. The second-order valence-electron chi connectivity index (χ2n) is 3.33. The van der Waals surface area contributed by atoms with Crippen LogP contribution in [-0.4, -0.2) is 28.7 Å². The number of hydrogen-bond acceptors (Lipinski definition) is 2. The van der Waals surface area contributed by atoms with Gasteiger partial charge < -0.3 is 10.2 Å². The molecule has 0 aliphatic carbocycles. The Labute approximate surface area is 81.7 Å². The number of carboxylic acid groups (broad SMARTS) is 1. The number of halogens is 2. The molecule has 0 saturated heterocycles. The molecular formula is C9H16F2O3. The summed E-state index contributed by atoms with van der Waals surface area (Å²) in [5.74, 6) is -5.17. The van der Waals surface area contributed by atoms with Gasteiger partial charge in [0.05, 0.1) is 5.92 Å². The molecule has 0 rings (SSSR count). The van der Waals surface area contributed by atoms with Crippen LogP contribution in [0.3, 0.4) is 0 Å². The van der Waals surface area contributed by atoms with E-state index in [1.807, 2.05) is 0 Å². The topological polar surface area (TPSA) is 57.5 Å². The van der Waals surface area contributed by atoms with E-state index in [1.165, 1.54) is 0 Å². The molecule has 0 heterocycles. The van der Waals surface area contributed by atoms with Crippen LogP contribution in [0.15, 0.2) is 0 Å². The fourth-order valence-corrected chi connectivity index (χ4v) is 1.21. The van der Waals surface area contributed by atoms with Crippen LogP contribution in [0.2, 0.25) is 0 Å². The number of carboxylic acids is 1. The van der Waals surface area contributed by atoms with E-state index in [2.05, 4.69) is 0 Å². The van der Waals surface area contributed by atoms with Crippen molar-refractivity contribution >= 4 is 5.97 Å². The Morgan fingerprint density at radius 2 is 2.07 bits per heavy atom. The predicted octanol–water partition coefficient (Wildman–Crippen LogP) is 1.90. The fraction of sp³-hybridized carbons (Fsp3) is 0.889. The molecule has 0 spiro atoms. The van der Waals surface area contributed by atoms with Gasteiger partial charge in [0.15, 0.2) is 0 Å². The lowest BCUT2D eigenvalue weighted by atomic mass is 9.96. The molecular weight excluding hydrogens is 194 g/mol. The molecule has 14 heavy (non-hydrogen) atoms. The van der Waals surface area contributed by atoms with Gasteiger partial charge in [-0.15, -0.1) is 0 Å². The highest BCUT2D eigenvalue weighted by molar-refractivity contribution is 5.69. The lowest BCUT2D eigenvalue weighted by molar-refractivity contribution is -0.146. The average molecular weight is 210 g/mol. The van der Waals surface area contributed by atoms with Gasteiger partial charge in [-0.3, -0.25) is 4.79 Å². The lowest BCUT2D eigenvalue weighted by Crippen LogP contribution is -2.25. The maximum absolute atomic E-state index is 13.0. The Morgan fingerprint density at radius 1 is 1.50 bits per heavy atom. The second-order valence-corrected chi connectivity index (χ2v) is 3.33. The first kappa shape index (κ1) is 13.3. The van der Waals surface area contributed by atoms with Crippen LogP contribution in [0.4, 0.5) is 8.78 Å². The molecule has 0 aliphatic heterocycles. The van der Waals surface area contributed by atoms with Gasteiger partial charge in [-0.2, -0.15) is 0 Å². The van der Waals surface area contributed by atoms with E-state index in [1.54, 1.807) is 6.92 Å². The third-order valence-electron chi connectivity index (χ3n) is 2.09. The van der Waals surface area contributed by atoms with Crippen LogP contribution in [0.5, 0.6) is 0 Å². The van der Waals surface area contributed by atoms with Gasteiger partial charge in [-0.25, -0.2) is 8.78 Å². The van der Waals surface area contributed by atoms with Crippen molar-refractivity contribution in [3.63, 3.8) is 0 Å². The molecule has 5 heteroatoms. The standard InChI is InChI=1S/C9H16F2O3/c1-2-7(8(13)14)6-9(10,11)4-3-5-12/h7,12H,2-6H2,1H3,(H,13,14). The molecule has 0 aliphatic rings. The predicted molar refractivity (Wildman–Crippen MR) is 47.3 cm³/mol. The molecule has 1 atom stereocenters. The largest absolute Gasteiger partial charge is 0.481 e. The molecule has 0 radical (unpaired) electrons. The monoisotopic (exact) mass is 210 g/mol. The lowest BCUT2D eigenvalue weighted by Gasteiger charge is -2.19. The van der Waals surface area contributed by atoms with Gasteiger partial charge in [0, 0.05) is 19.4 Å². The average Bonchev–Trinajstić information content (AvgIpc) is 2.10. The van der Waals surface area contributed by atoms with Crippen molar-refractivity contribution < 1.29 is 23.8 Å². The van der Waals surface area contributed by atoms with Crippen molar-refractivity contribution in [1.29, 1.82) is 0 Å². The van der Waals surface area contributed by atoms with Gasteiger partial charge in [0.2, 0.25) is 5.92 Å². The molecule has 0 aromatic heterocycles. The summed E-state index contributed by atoms with van der Waals surface area (Å²) in [6.07, 6.45) is -0.890. The van der Waals surface area contributed by atoms with Crippen LogP contribution in [0.1, 0.15) is 32.6 Å². The third kappa shape index (κ3) is 5.11. The number of carbonyl (C=O) groups is 1. The first-order valence-electron chi connectivity index (χ1n) is 4.64. The number of rotatable bonds is 7. The van der Waals surface area contributed by atoms with E-state index in [4.69, 9.17) is 10.2 Å². The van der Waals surface area contributed by atoms with Crippen LogP contribution < -0.4 is 0 Å². The fourth-order valence-electron chi connectivity index (χ4n) is 1.21. The summed E-state index contributed by atoms with van der Waals surface area (Å²) in [6.45, 7) is 1.28. The first-order valence-corrected chi connectivity index (χ1v) is 4.64. The molecule has 84 valence electrons. The third-order valence-corrected chi connectivity index (χ3v) is 2.09. The number of aliphatic hydroxyl groups is 1. The van der Waals surface area contributed by atoms with E-state index in [-0.39, 0.29) is 19.4 Å². The SMILES string of the molecule is CCC(CC(F)(F)CCCO)C(=O)O. The van der Waals surface area contributed by atoms with Crippen molar-refractivity contribution in [2.45, 2.75) is 38.5 Å². The summed E-state index contributed by atoms with van der Waals surface area (Å²) >= 11 is 0. The van der Waals surface area contributed by atoms with Crippen LogP contribution in [0, 0.1) is 5.92 Å². The maximum Gasteiger partial charge on any atom is 0.306 e. The normalized spacial score (nSPS) is 14.0. The number of aliphatic hydroxyl groups excluding tert-OH is 1. The first-order chi connectivity index (χ1) is 6.43. The van der Waals surface area contributed by atoms with E-state index in [9.17, 15) is 13.6 Å². The minimum atomic E-state index is -2.98. The molecule has 0 bridgehead atoms. The van der Waals surface area contributed by atoms with Crippen molar-refractivity contribution in [3.05, 3.63) is 0 Å². The zero-order chi connectivity index (χ0) is 11.2. The zero-order valence-corrected chi connectivity index (χ0v) is 8.17. The Balaban J connectivity index is 4.10. The summed E-state index contributed by atoms with van der Waals surface area (Å²) in [5, 5.41) is 17.0. The number of hydrogen-bond donors (Lipinski definition) is 2. The van der Waals surface area contributed by atoms with Crippen LogP contribution in [-0.2, 0) is 4.79 Å². The zero-order valence-electron chi connectivity index (χ0n) is 8.17. The number of alkyl halides is 2. The van der Waals surface area contributed by atoms with Gasteiger partial charge >= 0.3 is 5.97 Å². The molecule has 0 fully saturated rings. The van der Waals surface area contributed by atoms with E-state index in [0.29, 0.717) is 0 Å². The van der Waals surface area contributed by atoms with Crippen molar-refractivity contribution in [2.24, 2.45) is 5.92 Å². The highest BCUT2D eigenvalue weighted by Gasteiger charge is 2.34. The van der Waals surface area contributed by atoms with E-state index >= 15 is 0 Å². The molecule has 1 unspecified atom stereocenters. The Bertz CT molecular complexity index is 183. The van der Waals surface area contributed by atoms with Crippen molar-refractivity contribution in [1.82, 2.24) is 0 Å². The van der Waals surface area contributed by atoms with E-state index in [0.717, 1.165) is 0 Å². The van der Waals surface area contributed by atoms with Crippen molar-refractivity contribution in [3.8, 4) is 0 Å². The summed E-state index contributed by atoms with van der Waals surface area (Å²) in [4.78, 5) is 10.5. The Morgan fingerprint density at radius 3 is 2.43 bits per heavy atom. The second kappa shape index (κ2) is 5.90. The highest BCUT2D eigenvalue weighted by atomic mass is 19.3. The van der Waals surface area contributed by atoms with E-state index < -0.39 is 30.7 Å². The molecule has 0 aromatic carbocycles. The summed E-state index contributed by atoms with van der Waals surface area (Å²) in [7, 11) is 0. The molecule has 2 N–H and O–H groups in total. The smallest absolute Gasteiger partial charge is 0.306 e. The molecule has 0 amide bonds.